The molecular formula is C21H42NO4+. The van der Waals surface area contributed by atoms with E-state index in [1.807, 2.05) is 21.1 Å². The molecule has 0 N–H and O–H groups in total. The fraction of sp³-hybridized carbons (Fsp3) is 0.905. The van der Waals surface area contributed by atoms with Gasteiger partial charge in [0.1, 0.15) is 6.54 Å². The Morgan fingerprint density at radius 2 is 1.35 bits per heavy atom. The average molecular weight is 373 g/mol. The minimum Gasteiger partial charge on any atom is -0.466 e. The molecule has 0 heterocycles. The van der Waals surface area contributed by atoms with Gasteiger partial charge in [-0.3, -0.25) is 9.59 Å². The summed E-state index contributed by atoms with van der Waals surface area (Å²) in [6.07, 6.45) is 11.2. The van der Waals surface area contributed by atoms with Crippen molar-refractivity contribution in [1.82, 2.24) is 0 Å². The Hall–Kier alpha value is -1.10. The van der Waals surface area contributed by atoms with E-state index in [-0.39, 0.29) is 18.4 Å². The van der Waals surface area contributed by atoms with Gasteiger partial charge in [-0.15, -0.1) is 0 Å². The second kappa shape index (κ2) is 15.0. The van der Waals surface area contributed by atoms with Crippen molar-refractivity contribution in [3.8, 4) is 0 Å². The minimum atomic E-state index is -0.418. The Balaban J connectivity index is 3.86. The summed E-state index contributed by atoms with van der Waals surface area (Å²) < 4.78 is 11.3. The molecule has 0 radical (unpaired) electrons. The van der Waals surface area contributed by atoms with Crippen LogP contribution in [0.1, 0.15) is 84.5 Å². The van der Waals surface area contributed by atoms with Crippen LogP contribution < -0.4 is 0 Å². The van der Waals surface area contributed by atoms with Crippen LogP contribution >= 0.6 is 0 Å². The van der Waals surface area contributed by atoms with Crippen molar-refractivity contribution in [3.63, 3.8) is 0 Å². The Labute approximate surface area is 161 Å². The van der Waals surface area contributed by atoms with E-state index >= 15 is 0 Å². The standard InChI is InChI=1S/C21H42NO4/c1-6-8-9-10-11-12-13-14-15-16-25-21(24)17-19(18-22(3,4)5)26-20(23)7-2/h19H,6-18H2,1-5H3/q+1/t19-/m1/s1. The second-order valence-electron chi connectivity index (χ2n) is 8.19. The molecule has 0 unspecified atom stereocenters. The molecule has 0 aliphatic carbocycles. The lowest BCUT2D eigenvalue weighted by atomic mass is 10.1. The van der Waals surface area contributed by atoms with Crippen molar-refractivity contribution < 1.29 is 23.5 Å². The van der Waals surface area contributed by atoms with Crippen LogP contribution in [0.5, 0.6) is 0 Å². The number of esters is 2. The van der Waals surface area contributed by atoms with E-state index in [2.05, 4.69) is 6.92 Å². The summed E-state index contributed by atoms with van der Waals surface area (Å²) in [5.41, 5.74) is 0. The third kappa shape index (κ3) is 16.4. The predicted molar refractivity (Wildman–Crippen MR) is 106 cm³/mol. The summed E-state index contributed by atoms with van der Waals surface area (Å²) in [5.74, 6) is -0.540. The summed E-state index contributed by atoms with van der Waals surface area (Å²) >= 11 is 0. The summed E-state index contributed by atoms with van der Waals surface area (Å²) in [7, 11) is 6.04. The molecule has 1 atom stereocenters. The van der Waals surface area contributed by atoms with Gasteiger partial charge in [-0.2, -0.15) is 0 Å². The summed E-state index contributed by atoms with van der Waals surface area (Å²) in [6.45, 7) is 5.05. The van der Waals surface area contributed by atoms with Gasteiger partial charge in [-0.1, -0.05) is 65.2 Å². The number of carbonyl (C=O) groups is 2. The second-order valence-corrected chi connectivity index (χ2v) is 8.19. The van der Waals surface area contributed by atoms with Crippen LogP contribution in [0.2, 0.25) is 0 Å². The number of likely N-dealkylation sites (N-methyl/N-ethyl adjacent to an activating group) is 1. The third-order valence-electron chi connectivity index (χ3n) is 4.24. The maximum atomic E-state index is 12.0. The Bertz CT molecular complexity index is 377. The number of carbonyl (C=O) groups excluding carboxylic acids is 2. The lowest BCUT2D eigenvalue weighted by Crippen LogP contribution is -2.44. The number of unbranched alkanes of at least 4 members (excludes halogenated alkanes) is 8. The fourth-order valence-electron chi connectivity index (χ4n) is 2.87. The molecule has 0 aromatic rings. The molecule has 0 spiro atoms. The fourth-order valence-corrected chi connectivity index (χ4v) is 2.87. The van der Waals surface area contributed by atoms with Crippen LogP contribution in [0.15, 0.2) is 0 Å². The zero-order valence-corrected chi connectivity index (χ0v) is 17.8. The molecule has 0 aromatic heterocycles. The average Bonchev–Trinajstić information content (AvgIpc) is 2.54. The molecular weight excluding hydrogens is 330 g/mol. The maximum absolute atomic E-state index is 12.0. The quantitative estimate of drug-likeness (QED) is 0.228. The van der Waals surface area contributed by atoms with E-state index in [9.17, 15) is 9.59 Å². The number of nitrogens with zero attached hydrogens (tertiary/aromatic N) is 1. The van der Waals surface area contributed by atoms with Gasteiger partial charge in [-0.05, 0) is 6.42 Å². The van der Waals surface area contributed by atoms with Crippen molar-refractivity contribution in [2.75, 3.05) is 34.3 Å². The van der Waals surface area contributed by atoms with Gasteiger partial charge in [0.2, 0.25) is 0 Å². The molecule has 0 saturated heterocycles. The van der Waals surface area contributed by atoms with Gasteiger partial charge in [0, 0.05) is 6.42 Å². The van der Waals surface area contributed by atoms with Gasteiger partial charge in [-0.25, -0.2) is 0 Å². The van der Waals surface area contributed by atoms with Crippen molar-refractivity contribution in [1.29, 1.82) is 0 Å². The van der Waals surface area contributed by atoms with Crippen LogP contribution in [0.4, 0.5) is 0 Å². The molecule has 0 aliphatic heterocycles. The van der Waals surface area contributed by atoms with Crippen molar-refractivity contribution in [2.45, 2.75) is 90.6 Å². The Morgan fingerprint density at radius 3 is 1.85 bits per heavy atom. The van der Waals surface area contributed by atoms with E-state index in [0.717, 1.165) is 12.8 Å². The van der Waals surface area contributed by atoms with Gasteiger partial charge in [0.05, 0.1) is 34.2 Å². The smallest absolute Gasteiger partial charge is 0.309 e. The molecule has 0 aliphatic rings. The first-order valence-corrected chi connectivity index (χ1v) is 10.4. The first-order valence-electron chi connectivity index (χ1n) is 10.4. The van der Waals surface area contributed by atoms with Crippen LogP contribution in [0.3, 0.4) is 0 Å². The lowest BCUT2D eigenvalue weighted by Gasteiger charge is -2.28. The van der Waals surface area contributed by atoms with E-state index < -0.39 is 6.10 Å². The summed E-state index contributed by atoms with van der Waals surface area (Å²) in [5, 5.41) is 0. The van der Waals surface area contributed by atoms with E-state index in [0.29, 0.717) is 24.1 Å². The monoisotopic (exact) mass is 372 g/mol. The highest BCUT2D eigenvalue weighted by molar-refractivity contribution is 5.72. The van der Waals surface area contributed by atoms with Crippen molar-refractivity contribution in [2.24, 2.45) is 0 Å². The van der Waals surface area contributed by atoms with Gasteiger partial charge in [0.25, 0.3) is 0 Å². The number of hydrogen-bond acceptors (Lipinski definition) is 4. The molecule has 0 aromatic carbocycles. The first-order chi connectivity index (χ1) is 12.3. The van der Waals surface area contributed by atoms with E-state index in [1.54, 1.807) is 6.92 Å². The third-order valence-corrected chi connectivity index (χ3v) is 4.24. The first kappa shape index (κ1) is 24.9. The van der Waals surface area contributed by atoms with E-state index in [1.165, 1.54) is 44.9 Å². The Morgan fingerprint density at radius 1 is 0.808 bits per heavy atom. The highest BCUT2D eigenvalue weighted by atomic mass is 16.6. The molecule has 0 fully saturated rings. The van der Waals surface area contributed by atoms with E-state index in [4.69, 9.17) is 9.47 Å². The lowest BCUT2D eigenvalue weighted by molar-refractivity contribution is -0.873. The maximum Gasteiger partial charge on any atom is 0.309 e. The molecule has 5 nitrogen and oxygen atoms in total. The molecule has 0 amide bonds. The Kier molecular flexibility index (Phi) is 14.4. The number of quaternary nitrogens is 1. The highest BCUT2D eigenvalue weighted by Crippen LogP contribution is 2.11. The van der Waals surface area contributed by atoms with Crippen molar-refractivity contribution >= 4 is 11.9 Å². The van der Waals surface area contributed by atoms with Crippen molar-refractivity contribution in [3.05, 3.63) is 0 Å². The van der Waals surface area contributed by atoms with Crippen LogP contribution in [-0.4, -0.2) is 56.8 Å². The normalized spacial score (nSPS) is 12.7. The molecule has 154 valence electrons. The zero-order chi connectivity index (χ0) is 19.8. The van der Waals surface area contributed by atoms with Crippen LogP contribution in [0, 0.1) is 0 Å². The van der Waals surface area contributed by atoms with Crippen LogP contribution in [-0.2, 0) is 19.1 Å². The van der Waals surface area contributed by atoms with Gasteiger partial charge < -0.3 is 14.0 Å². The van der Waals surface area contributed by atoms with Gasteiger partial charge >= 0.3 is 11.9 Å². The topological polar surface area (TPSA) is 52.6 Å². The molecule has 5 heteroatoms. The predicted octanol–water partition coefficient (Wildman–Crippen LogP) is 4.48. The minimum absolute atomic E-state index is 0.138. The zero-order valence-electron chi connectivity index (χ0n) is 17.8. The number of ether oxygens (including phenoxy) is 2. The number of hydrogen-bond donors (Lipinski definition) is 0. The molecule has 0 bridgehead atoms. The highest BCUT2D eigenvalue weighted by Gasteiger charge is 2.25. The SMILES string of the molecule is CCCCCCCCCCCOC(=O)C[C@H](C[N+](C)(C)C)OC(=O)CC. The molecule has 0 saturated carbocycles. The molecule has 26 heavy (non-hydrogen) atoms. The summed E-state index contributed by atoms with van der Waals surface area (Å²) in [6, 6.07) is 0. The number of rotatable bonds is 16. The largest absolute Gasteiger partial charge is 0.466 e. The summed E-state index contributed by atoms with van der Waals surface area (Å²) in [4.78, 5) is 23.6. The van der Waals surface area contributed by atoms with Gasteiger partial charge in [0.15, 0.2) is 6.10 Å². The van der Waals surface area contributed by atoms with Crippen LogP contribution in [0.25, 0.3) is 0 Å². The molecule has 0 rings (SSSR count).